The van der Waals surface area contributed by atoms with Gasteiger partial charge in [0, 0.05) is 43.5 Å². The van der Waals surface area contributed by atoms with E-state index in [0.717, 1.165) is 12.0 Å². The first-order valence-corrected chi connectivity index (χ1v) is 29.0. The molecule has 0 aliphatic heterocycles. The minimum absolute atomic E-state index is 0.0217. The van der Waals surface area contributed by atoms with Crippen LogP contribution < -0.4 is 0 Å². The zero-order valence-corrected chi connectivity index (χ0v) is 36.1. The number of ketones is 1. The molecule has 4 nitrogen and oxygen atoms in total. The average Bonchev–Trinajstić information content (AvgIpc) is 2.78. The standard InChI is InChI=1S/C35H72O4Si4/c1-32(2,3)41(14,15)37-24-28(25-38-42(16,17)33(4,5)6)20-21-30-29(26-40(11,12)13)31(36)22-23-35(30,10)27-39-43(18,19)34(7,8)9/h20-21,26,28,30H,22-25,27H2,1-19H3/b21-20+,29-26-/t30-,35+/m0/s1. The molecule has 0 N–H and O–H groups in total. The lowest BCUT2D eigenvalue weighted by molar-refractivity contribution is -0.119. The molecule has 1 aliphatic carbocycles. The van der Waals surface area contributed by atoms with Gasteiger partial charge >= 0.3 is 0 Å². The van der Waals surface area contributed by atoms with Crippen molar-refractivity contribution in [2.24, 2.45) is 17.3 Å². The Hall–Kier alpha value is -0.102. The number of Topliss-reactive ketones (excluding diaryl/α,β-unsaturated/α-hetero) is 1. The van der Waals surface area contributed by atoms with Crippen molar-refractivity contribution in [3.8, 4) is 0 Å². The summed E-state index contributed by atoms with van der Waals surface area (Å²) in [5.41, 5.74) is 3.23. The van der Waals surface area contributed by atoms with E-state index in [2.05, 4.69) is 146 Å². The Morgan fingerprint density at radius 2 is 1.14 bits per heavy atom. The third kappa shape index (κ3) is 11.6. The van der Waals surface area contributed by atoms with Crippen molar-refractivity contribution in [1.82, 2.24) is 0 Å². The summed E-state index contributed by atoms with van der Waals surface area (Å²) >= 11 is 0. The van der Waals surface area contributed by atoms with Crippen LogP contribution in [0.3, 0.4) is 0 Å². The van der Waals surface area contributed by atoms with Crippen molar-refractivity contribution in [3.63, 3.8) is 0 Å². The van der Waals surface area contributed by atoms with Crippen molar-refractivity contribution < 1.29 is 18.1 Å². The normalized spacial score (nSPS) is 23.2. The molecule has 0 radical (unpaired) electrons. The van der Waals surface area contributed by atoms with E-state index in [-0.39, 0.29) is 32.4 Å². The predicted molar refractivity (Wildman–Crippen MR) is 199 cm³/mol. The molecular weight excluding hydrogens is 597 g/mol. The SMILES string of the molecule is CC(C)(C)[Si](C)(C)OCC(/C=C/[C@H]1/C(=C/[Si](C)(C)C)C(=O)CC[C@]1(C)CO[Si](C)(C)C(C)(C)C)CO[Si](C)(C)C(C)(C)C. The van der Waals surface area contributed by atoms with Gasteiger partial charge in [-0.3, -0.25) is 4.79 Å². The second kappa shape index (κ2) is 13.9. The van der Waals surface area contributed by atoms with Crippen LogP contribution in [0.1, 0.15) is 82.1 Å². The molecule has 8 heteroatoms. The fourth-order valence-electron chi connectivity index (χ4n) is 4.44. The Bertz CT molecular complexity index is 971. The zero-order valence-electron chi connectivity index (χ0n) is 32.1. The molecule has 0 aromatic carbocycles. The van der Waals surface area contributed by atoms with Crippen LogP contribution in [-0.2, 0) is 18.1 Å². The third-order valence-corrected chi connectivity index (χ3v) is 25.6. The van der Waals surface area contributed by atoms with Gasteiger partial charge in [0.2, 0.25) is 0 Å². The summed E-state index contributed by atoms with van der Waals surface area (Å²) in [5, 5.41) is 0.428. The van der Waals surface area contributed by atoms with Crippen molar-refractivity contribution in [1.29, 1.82) is 0 Å². The Morgan fingerprint density at radius 1 is 0.744 bits per heavy atom. The molecule has 0 heterocycles. The lowest BCUT2D eigenvalue weighted by Gasteiger charge is -2.45. The highest BCUT2D eigenvalue weighted by atomic mass is 28.4. The molecule has 0 saturated heterocycles. The molecule has 0 spiro atoms. The van der Waals surface area contributed by atoms with Gasteiger partial charge < -0.3 is 13.3 Å². The summed E-state index contributed by atoms with van der Waals surface area (Å²) in [4.78, 5) is 13.6. The molecule has 0 unspecified atom stereocenters. The average molecular weight is 669 g/mol. The molecule has 0 amide bonds. The van der Waals surface area contributed by atoms with Crippen molar-refractivity contribution in [3.05, 3.63) is 23.4 Å². The van der Waals surface area contributed by atoms with E-state index in [9.17, 15) is 4.79 Å². The maximum Gasteiger partial charge on any atom is 0.192 e. The van der Waals surface area contributed by atoms with E-state index in [1.807, 2.05) is 0 Å². The van der Waals surface area contributed by atoms with Gasteiger partial charge in [0.25, 0.3) is 0 Å². The van der Waals surface area contributed by atoms with Crippen molar-refractivity contribution in [2.75, 3.05) is 19.8 Å². The monoisotopic (exact) mass is 668 g/mol. The minimum atomic E-state index is -1.95. The van der Waals surface area contributed by atoms with Crippen molar-refractivity contribution in [2.45, 2.75) is 156 Å². The molecule has 0 aromatic heterocycles. The first kappa shape index (κ1) is 40.9. The first-order chi connectivity index (χ1) is 18.9. The highest BCUT2D eigenvalue weighted by Gasteiger charge is 2.46. The summed E-state index contributed by atoms with van der Waals surface area (Å²) in [7, 11) is -7.47. The van der Waals surface area contributed by atoms with Gasteiger partial charge in [-0.05, 0) is 66.4 Å². The van der Waals surface area contributed by atoms with E-state index < -0.39 is 33.0 Å². The van der Waals surface area contributed by atoms with Gasteiger partial charge in [0.05, 0.1) is 8.07 Å². The van der Waals surface area contributed by atoms with Crippen LogP contribution in [0.15, 0.2) is 23.4 Å². The van der Waals surface area contributed by atoms with E-state index in [1.165, 1.54) is 0 Å². The fraction of sp³-hybridized carbons (Fsp3) is 0.857. The van der Waals surface area contributed by atoms with Crippen LogP contribution in [0, 0.1) is 17.3 Å². The van der Waals surface area contributed by atoms with Gasteiger partial charge in [0.1, 0.15) is 0 Å². The Balaban J connectivity index is 3.58. The molecule has 2 atom stereocenters. The van der Waals surface area contributed by atoms with Crippen LogP contribution in [0.4, 0.5) is 0 Å². The number of rotatable bonds is 12. The summed E-state index contributed by atoms with van der Waals surface area (Å²) in [5.74, 6) is 0.459. The molecule has 1 saturated carbocycles. The summed E-state index contributed by atoms with van der Waals surface area (Å²) in [6, 6.07) is 0. The van der Waals surface area contributed by atoms with Gasteiger partial charge in [-0.1, -0.05) is 107 Å². The number of carbonyl (C=O) groups is 1. The molecule has 43 heavy (non-hydrogen) atoms. The second-order valence-corrected chi connectivity index (χ2v) is 38.8. The number of carbonyl (C=O) groups excluding carboxylic acids is 1. The van der Waals surface area contributed by atoms with Crippen LogP contribution in [0.25, 0.3) is 0 Å². The molecular formula is C35H72O4Si4. The van der Waals surface area contributed by atoms with Crippen LogP contribution in [0.5, 0.6) is 0 Å². The van der Waals surface area contributed by atoms with Crippen molar-refractivity contribution >= 4 is 38.8 Å². The van der Waals surface area contributed by atoms with E-state index >= 15 is 0 Å². The zero-order chi connectivity index (χ0) is 34.1. The number of hydrogen-bond acceptors (Lipinski definition) is 4. The summed E-state index contributed by atoms with van der Waals surface area (Å²) in [6.07, 6.45) is 6.15. The van der Waals surface area contributed by atoms with Crippen LogP contribution in [-0.4, -0.2) is 58.6 Å². The van der Waals surface area contributed by atoms with E-state index in [4.69, 9.17) is 13.3 Å². The van der Waals surface area contributed by atoms with E-state index in [1.54, 1.807) is 0 Å². The Kier molecular flexibility index (Phi) is 13.3. The van der Waals surface area contributed by atoms with Crippen LogP contribution in [0.2, 0.25) is 74.0 Å². The molecule has 1 aliphatic rings. The minimum Gasteiger partial charge on any atom is -0.416 e. The Morgan fingerprint density at radius 3 is 1.51 bits per heavy atom. The van der Waals surface area contributed by atoms with E-state index in [0.29, 0.717) is 32.0 Å². The highest BCUT2D eigenvalue weighted by Crippen LogP contribution is 2.47. The fourth-order valence-corrected chi connectivity index (χ4v) is 8.96. The smallest absolute Gasteiger partial charge is 0.192 e. The lowest BCUT2D eigenvalue weighted by Crippen LogP contribution is -2.47. The largest absolute Gasteiger partial charge is 0.416 e. The molecule has 0 bridgehead atoms. The predicted octanol–water partition coefficient (Wildman–Crippen LogP) is 11.0. The summed E-state index contributed by atoms with van der Waals surface area (Å²) in [6.45, 7) is 46.0. The quantitative estimate of drug-likeness (QED) is 0.118. The summed E-state index contributed by atoms with van der Waals surface area (Å²) < 4.78 is 20.5. The molecule has 0 aromatic rings. The second-order valence-electron chi connectivity index (χ2n) is 19.4. The third-order valence-electron chi connectivity index (χ3n) is 11.0. The number of allylic oxidation sites excluding steroid dienone is 2. The first-order valence-electron chi connectivity index (χ1n) is 16.7. The van der Waals surface area contributed by atoms with Gasteiger partial charge in [-0.2, -0.15) is 0 Å². The molecule has 1 fully saturated rings. The topological polar surface area (TPSA) is 44.8 Å². The molecule has 1 rings (SSSR count). The van der Waals surface area contributed by atoms with Gasteiger partial charge in [-0.15, -0.1) is 0 Å². The Labute approximate surface area is 272 Å². The maximum atomic E-state index is 13.6. The maximum absolute atomic E-state index is 13.6. The number of hydrogen-bond donors (Lipinski definition) is 0. The highest BCUT2D eigenvalue weighted by molar-refractivity contribution is 6.81. The van der Waals surface area contributed by atoms with Crippen LogP contribution >= 0.6 is 0 Å². The van der Waals surface area contributed by atoms with Gasteiger partial charge in [0.15, 0.2) is 30.7 Å². The van der Waals surface area contributed by atoms with Gasteiger partial charge in [-0.25, -0.2) is 0 Å². The lowest BCUT2D eigenvalue weighted by atomic mass is 9.65. The molecule has 252 valence electrons.